The van der Waals surface area contributed by atoms with Crippen LogP contribution >= 0.6 is 11.6 Å². The molecule has 1 amide bonds. The highest BCUT2D eigenvalue weighted by Crippen LogP contribution is 2.17. The normalized spacial score (nSPS) is 10.8. The third-order valence-corrected chi connectivity index (χ3v) is 3.85. The van der Waals surface area contributed by atoms with Crippen molar-refractivity contribution in [1.29, 1.82) is 0 Å². The Bertz CT molecular complexity index is 901. The number of nitrogens with one attached hydrogen (secondary N) is 1. The lowest BCUT2D eigenvalue weighted by Crippen LogP contribution is -2.18. The molecule has 0 radical (unpaired) electrons. The number of nitrogens with zero attached hydrogens (tertiary/aromatic N) is 2. The predicted octanol–water partition coefficient (Wildman–Crippen LogP) is 3.90. The first kappa shape index (κ1) is 16.8. The van der Waals surface area contributed by atoms with Gasteiger partial charge in [0.2, 0.25) is 0 Å². The zero-order valence-corrected chi connectivity index (χ0v) is 14.3. The van der Waals surface area contributed by atoms with Crippen LogP contribution in [0.4, 0.5) is 0 Å². The van der Waals surface area contributed by atoms with Crippen LogP contribution in [0.5, 0.6) is 5.75 Å². The fourth-order valence-electron chi connectivity index (χ4n) is 2.39. The first-order valence-corrected chi connectivity index (χ1v) is 7.96. The maximum Gasteiger partial charge on any atom is 0.275 e. The van der Waals surface area contributed by atoms with Gasteiger partial charge in [0.05, 0.1) is 24.6 Å². The Labute approximate surface area is 150 Å². The number of halogens is 1. The lowest BCUT2D eigenvalue weighted by atomic mass is 10.2. The van der Waals surface area contributed by atoms with Gasteiger partial charge in [0, 0.05) is 16.9 Å². The highest BCUT2D eigenvalue weighted by atomic mass is 35.5. The summed E-state index contributed by atoms with van der Waals surface area (Å²) in [5.74, 6) is 0.165. The number of carbonyl (C=O) groups excluding carboxylic acids is 1. The molecule has 6 heteroatoms. The first-order chi connectivity index (χ1) is 12.2. The van der Waals surface area contributed by atoms with Crippen molar-refractivity contribution in [3.8, 4) is 11.4 Å². The van der Waals surface area contributed by atoms with Crippen molar-refractivity contribution in [2.24, 2.45) is 5.10 Å². The molecule has 25 heavy (non-hydrogen) atoms. The minimum Gasteiger partial charge on any atom is -0.496 e. The van der Waals surface area contributed by atoms with Crippen molar-refractivity contribution in [3.05, 3.63) is 83.1 Å². The molecule has 2 aromatic carbocycles. The summed E-state index contributed by atoms with van der Waals surface area (Å²) in [4.78, 5) is 12.2. The number of hydrogen-bond donors (Lipinski definition) is 1. The average Bonchev–Trinajstić information content (AvgIpc) is 3.10. The van der Waals surface area contributed by atoms with Crippen LogP contribution in [0.15, 0.2) is 72.0 Å². The number of amides is 1. The number of hydrazone groups is 1. The lowest BCUT2D eigenvalue weighted by Gasteiger charge is -2.07. The average molecular weight is 354 g/mol. The standard InChI is InChI=1S/C19H16ClN3O2/c1-25-18-7-3-2-6-17(18)19(24)22-21-13-16-5-4-12-23(16)15-10-8-14(20)9-11-15/h2-13H,1H3,(H,22,24)/b21-13-. The number of ether oxygens (including phenoxy) is 1. The number of hydrogen-bond acceptors (Lipinski definition) is 3. The third kappa shape index (κ3) is 3.89. The monoisotopic (exact) mass is 353 g/mol. The van der Waals surface area contributed by atoms with Gasteiger partial charge in [-0.1, -0.05) is 23.7 Å². The SMILES string of the molecule is COc1ccccc1C(=O)N/N=C\c1cccn1-c1ccc(Cl)cc1. The molecule has 1 aromatic heterocycles. The molecular weight excluding hydrogens is 338 g/mol. The molecular formula is C19H16ClN3O2. The Kier molecular flexibility index (Phi) is 5.16. The fraction of sp³-hybridized carbons (Fsp3) is 0.0526. The number of para-hydroxylation sites is 1. The molecule has 0 aliphatic heterocycles. The van der Waals surface area contributed by atoms with E-state index in [1.807, 2.05) is 47.2 Å². The smallest absolute Gasteiger partial charge is 0.275 e. The van der Waals surface area contributed by atoms with Crippen molar-refractivity contribution in [3.63, 3.8) is 0 Å². The summed E-state index contributed by atoms with van der Waals surface area (Å²) in [6.45, 7) is 0. The molecule has 1 heterocycles. The predicted molar refractivity (Wildman–Crippen MR) is 98.8 cm³/mol. The van der Waals surface area contributed by atoms with Gasteiger partial charge >= 0.3 is 0 Å². The zero-order valence-electron chi connectivity index (χ0n) is 13.5. The topological polar surface area (TPSA) is 55.6 Å². The van der Waals surface area contributed by atoms with E-state index in [-0.39, 0.29) is 5.91 Å². The first-order valence-electron chi connectivity index (χ1n) is 7.59. The second kappa shape index (κ2) is 7.68. The van der Waals surface area contributed by atoms with Gasteiger partial charge in [-0.05, 0) is 48.5 Å². The summed E-state index contributed by atoms with van der Waals surface area (Å²) in [6, 6.07) is 18.2. The molecule has 1 N–H and O–H groups in total. The molecule has 0 saturated heterocycles. The second-order valence-electron chi connectivity index (χ2n) is 5.18. The van der Waals surface area contributed by atoms with E-state index >= 15 is 0 Å². The summed E-state index contributed by atoms with van der Waals surface area (Å²) >= 11 is 5.92. The van der Waals surface area contributed by atoms with Crippen LogP contribution in [0, 0.1) is 0 Å². The molecule has 126 valence electrons. The van der Waals surface area contributed by atoms with Crippen molar-refractivity contribution in [2.75, 3.05) is 7.11 Å². The minimum atomic E-state index is -0.335. The summed E-state index contributed by atoms with van der Waals surface area (Å²) in [7, 11) is 1.52. The van der Waals surface area contributed by atoms with Crippen LogP contribution in [0.2, 0.25) is 5.02 Å². The van der Waals surface area contributed by atoms with E-state index in [4.69, 9.17) is 16.3 Å². The molecule has 0 spiro atoms. The van der Waals surface area contributed by atoms with Gasteiger partial charge in [0.1, 0.15) is 5.75 Å². The molecule has 0 aliphatic rings. The van der Waals surface area contributed by atoms with E-state index < -0.39 is 0 Å². The molecule has 3 aromatic rings. The van der Waals surface area contributed by atoms with Gasteiger partial charge in [0.15, 0.2) is 0 Å². The molecule has 0 fully saturated rings. The van der Waals surface area contributed by atoms with Crippen LogP contribution in [0.1, 0.15) is 16.1 Å². The number of benzene rings is 2. The summed E-state index contributed by atoms with van der Waals surface area (Å²) in [5.41, 5.74) is 4.71. The largest absolute Gasteiger partial charge is 0.496 e. The maximum absolute atomic E-state index is 12.2. The third-order valence-electron chi connectivity index (χ3n) is 3.60. The molecule has 0 bridgehead atoms. The molecule has 0 unspecified atom stereocenters. The Hall–Kier alpha value is -3.05. The highest BCUT2D eigenvalue weighted by Gasteiger charge is 2.10. The Morgan fingerprint density at radius 2 is 1.88 bits per heavy atom. The number of carbonyl (C=O) groups is 1. The Balaban J connectivity index is 1.74. The van der Waals surface area contributed by atoms with Gasteiger partial charge < -0.3 is 9.30 Å². The summed E-state index contributed by atoms with van der Waals surface area (Å²) in [5, 5.41) is 4.72. The minimum absolute atomic E-state index is 0.335. The van der Waals surface area contributed by atoms with E-state index in [1.54, 1.807) is 30.5 Å². The Morgan fingerprint density at radius 3 is 2.64 bits per heavy atom. The van der Waals surface area contributed by atoms with Gasteiger partial charge in [-0.15, -0.1) is 0 Å². The quantitative estimate of drug-likeness (QED) is 0.558. The van der Waals surface area contributed by atoms with E-state index in [0.717, 1.165) is 11.4 Å². The van der Waals surface area contributed by atoms with Crippen molar-refractivity contribution >= 4 is 23.7 Å². The van der Waals surface area contributed by atoms with Crippen molar-refractivity contribution in [1.82, 2.24) is 9.99 Å². The van der Waals surface area contributed by atoms with E-state index in [1.165, 1.54) is 7.11 Å². The van der Waals surface area contributed by atoms with Gasteiger partial charge in [-0.3, -0.25) is 4.79 Å². The van der Waals surface area contributed by atoms with Crippen molar-refractivity contribution < 1.29 is 9.53 Å². The van der Waals surface area contributed by atoms with Crippen LogP contribution in [0.25, 0.3) is 5.69 Å². The molecule has 0 aliphatic carbocycles. The maximum atomic E-state index is 12.2. The summed E-state index contributed by atoms with van der Waals surface area (Å²) in [6.07, 6.45) is 3.49. The van der Waals surface area contributed by atoms with Gasteiger partial charge in [0.25, 0.3) is 5.91 Å². The molecule has 0 atom stereocenters. The second-order valence-corrected chi connectivity index (χ2v) is 5.62. The molecule has 3 rings (SSSR count). The number of rotatable bonds is 5. The van der Waals surface area contributed by atoms with E-state index in [0.29, 0.717) is 16.3 Å². The van der Waals surface area contributed by atoms with Gasteiger partial charge in [-0.25, -0.2) is 5.43 Å². The van der Waals surface area contributed by atoms with E-state index in [9.17, 15) is 4.79 Å². The lowest BCUT2D eigenvalue weighted by molar-refractivity contribution is 0.0952. The zero-order chi connectivity index (χ0) is 17.6. The molecule has 0 saturated carbocycles. The Morgan fingerprint density at radius 1 is 1.12 bits per heavy atom. The molecule has 5 nitrogen and oxygen atoms in total. The van der Waals surface area contributed by atoms with E-state index in [2.05, 4.69) is 10.5 Å². The summed E-state index contributed by atoms with van der Waals surface area (Å²) < 4.78 is 7.12. The fourth-order valence-corrected chi connectivity index (χ4v) is 2.51. The van der Waals surface area contributed by atoms with Crippen molar-refractivity contribution in [2.45, 2.75) is 0 Å². The number of methoxy groups -OCH3 is 1. The van der Waals surface area contributed by atoms with Crippen LogP contribution < -0.4 is 10.2 Å². The van der Waals surface area contributed by atoms with Crippen LogP contribution in [-0.2, 0) is 0 Å². The van der Waals surface area contributed by atoms with Crippen LogP contribution in [0.3, 0.4) is 0 Å². The van der Waals surface area contributed by atoms with Gasteiger partial charge in [-0.2, -0.15) is 5.10 Å². The number of aromatic nitrogens is 1. The van der Waals surface area contributed by atoms with Crippen LogP contribution in [-0.4, -0.2) is 23.8 Å². The highest BCUT2D eigenvalue weighted by molar-refractivity contribution is 6.30.